The predicted molar refractivity (Wildman–Crippen MR) is 92.9 cm³/mol. The van der Waals surface area contributed by atoms with Crippen molar-refractivity contribution in [2.24, 2.45) is 5.92 Å². The van der Waals surface area contributed by atoms with Gasteiger partial charge in [-0.25, -0.2) is 9.97 Å². The average Bonchev–Trinajstić information content (AvgIpc) is 3.01. The second-order valence-electron chi connectivity index (χ2n) is 7.45. The number of aryl methyl sites for hydroxylation is 2. The van der Waals surface area contributed by atoms with Crippen LogP contribution in [-0.4, -0.2) is 28.0 Å². The second kappa shape index (κ2) is 7.95. The number of hydrogen-bond acceptors (Lipinski definition) is 4. The minimum Gasteiger partial charge on any atom is -0.460 e. The summed E-state index contributed by atoms with van der Waals surface area (Å²) in [7, 11) is 0. The molecular formula is C19H29N3O2. The van der Waals surface area contributed by atoms with Crippen LogP contribution in [0.15, 0.2) is 6.07 Å². The summed E-state index contributed by atoms with van der Waals surface area (Å²) in [6.07, 6.45) is 9.77. The van der Waals surface area contributed by atoms with Gasteiger partial charge in [-0.05, 0) is 64.4 Å². The first-order valence-corrected chi connectivity index (χ1v) is 9.37. The molecule has 5 nitrogen and oxygen atoms in total. The van der Waals surface area contributed by atoms with E-state index in [0.717, 1.165) is 37.1 Å². The highest BCUT2D eigenvalue weighted by molar-refractivity contribution is 5.76. The Hall–Kier alpha value is -1.65. The van der Waals surface area contributed by atoms with Crippen molar-refractivity contribution < 1.29 is 9.53 Å². The van der Waals surface area contributed by atoms with E-state index in [-0.39, 0.29) is 12.0 Å². The summed E-state index contributed by atoms with van der Waals surface area (Å²) in [5.74, 6) is 0.857. The van der Waals surface area contributed by atoms with Gasteiger partial charge in [-0.3, -0.25) is 4.79 Å². The lowest BCUT2D eigenvalue weighted by Gasteiger charge is -2.29. The lowest BCUT2D eigenvalue weighted by atomic mass is 9.92. The Balaban J connectivity index is 1.41. The number of hydrogen-bond donors (Lipinski definition) is 1. The molecule has 1 N–H and O–H groups in total. The van der Waals surface area contributed by atoms with Gasteiger partial charge in [0.2, 0.25) is 5.91 Å². The maximum atomic E-state index is 12.2. The molecule has 0 aliphatic heterocycles. The van der Waals surface area contributed by atoms with Gasteiger partial charge in [0.1, 0.15) is 6.10 Å². The molecule has 5 heteroatoms. The average molecular weight is 331 g/mol. The molecule has 0 unspecified atom stereocenters. The van der Waals surface area contributed by atoms with Crippen LogP contribution in [0.4, 0.5) is 0 Å². The normalized spacial score (nSPS) is 24.8. The summed E-state index contributed by atoms with van der Waals surface area (Å²) in [5.41, 5.74) is 1.87. The zero-order valence-electron chi connectivity index (χ0n) is 14.9. The zero-order chi connectivity index (χ0) is 16.9. The van der Waals surface area contributed by atoms with E-state index in [0.29, 0.717) is 24.4 Å². The highest BCUT2D eigenvalue weighted by atomic mass is 16.5. The number of carbonyl (C=O) groups excluding carboxylic acids is 1. The van der Waals surface area contributed by atoms with Gasteiger partial charge in [-0.15, -0.1) is 0 Å². The van der Waals surface area contributed by atoms with Crippen LogP contribution in [0.2, 0.25) is 0 Å². The smallest absolute Gasteiger partial charge is 0.317 e. The highest BCUT2D eigenvalue weighted by Gasteiger charge is 2.25. The van der Waals surface area contributed by atoms with Crippen molar-refractivity contribution in [1.82, 2.24) is 15.3 Å². The Morgan fingerprint density at radius 2 is 1.71 bits per heavy atom. The van der Waals surface area contributed by atoms with E-state index >= 15 is 0 Å². The Morgan fingerprint density at radius 3 is 2.33 bits per heavy atom. The van der Waals surface area contributed by atoms with Crippen molar-refractivity contribution in [1.29, 1.82) is 0 Å². The fourth-order valence-corrected chi connectivity index (χ4v) is 3.98. The number of nitrogens with zero attached hydrogens (tertiary/aromatic N) is 2. The number of rotatable bonds is 5. The fourth-order valence-electron chi connectivity index (χ4n) is 3.98. The third-order valence-corrected chi connectivity index (χ3v) is 5.22. The van der Waals surface area contributed by atoms with Crippen LogP contribution in [-0.2, 0) is 4.79 Å². The van der Waals surface area contributed by atoms with E-state index in [1.165, 1.54) is 25.7 Å². The molecular weight excluding hydrogens is 302 g/mol. The third-order valence-electron chi connectivity index (χ3n) is 5.22. The number of carbonyl (C=O) groups is 1. The van der Waals surface area contributed by atoms with Crippen LogP contribution in [0, 0.1) is 19.8 Å². The Kier molecular flexibility index (Phi) is 5.69. The SMILES string of the molecule is Cc1cc(C)nc(OC2CCC(NC(=O)CC3CCCC3)CC2)n1. The lowest BCUT2D eigenvalue weighted by molar-refractivity contribution is -0.123. The first-order valence-electron chi connectivity index (χ1n) is 9.37. The largest absolute Gasteiger partial charge is 0.460 e. The number of nitrogens with one attached hydrogen (secondary N) is 1. The topological polar surface area (TPSA) is 64.1 Å². The van der Waals surface area contributed by atoms with E-state index in [4.69, 9.17) is 4.74 Å². The summed E-state index contributed by atoms with van der Waals surface area (Å²) >= 11 is 0. The molecule has 0 aromatic carbocycles. The van der Waals surface area contributed by atoms with Gasteiger partial charge in [0.05, 0.1) is 0 Å². The summed E-state index contributed by atoms with van der Waals surface area (Å²) in [6.45, 7) is 3.91. The first-order chi connectivity index (χ1) is 11.6. The van der Waals surface area contributed by atoms with Gasteiger partial charge in [0.25, 0.3) is 0 Å². The van der Waals surface area contributed by atoms with E-state index < -0.39 is 0 Å². The van der Waals surface area contributed by atoms with Gasteiger partial charge in [-0.2, -0.15) is 0 Å². The second-order valence-corrected chi connectivity index (χ2v) is 7.45. The molecule has 132 valence electrons. The van der Waals surface area contributed by atoms with Crippen LogP contribution in [0.1, 0.15) is 69.2 Å². The van der Waals surface area contributed by atoms with E-state index in [1.54, 1.807) is 0 Å². The first kappa shape index (κ1) is 17.2. The number of ether oxygens (including phenoxy) is 1. The molecule has 2 aliphatic rings. The quantitative estimate of drug-likeness (QED) is 0.897. The molecule has 1 aromatic heterocycles. The van der Waals surface area contributed by atoms with Crippen molar-refractivity contribution in [2.45, 2.75) is 83.8 Å². The standard InChI is InChI=1S/C19H29N3O2/c1-13-11-14(2)21-19(20-13)24-17-9-7-16(8-10-17)22-18(23)12-15-5-3-4-6-15/h11,15-17H,3-10,12H2,1-2H3,(H,22,23). The highest BCUT2D eigenvalue weighted by Crippen LogP contribution is 2.28. The minimum absolute atomic E-state index is 0.161. The van der Waals surface area contributed by atoms with Gasteiger partial charge in [-0.1, -0.05) is 12.8 Å². The zero-order valence-corrected chi connectivity index (χ0v) is 14.9. The molecule has 2 fully saturated rings. The predicted octanol–water partition coefficient (Wildman–Crippen LogP) is 3.48. The van der Waals surface area contributed by atoms with Gasteiger partial charge in [0.15, 0.2) is 0 Å². The molecule has 0 saturated heterocycles. The number of aromatic nitrogens is 2. The van der Waals surface area contributed by atoms with E-state index in [9.17, 15) is 4.79 Å². The van der Waals surface area contributed by atoms with Crippen molar-refractivity contribution >= 4 is 5.91 Å². The maximum Gasteiger partial charge on any atom is 0.317 e. The molecule has 0 spiro atoms. The van der Waals surface area contributed by atoms with Crippen molar-refractivity contribution in [3.05, 3.63) is 17.5 Å². The Labute approximate surface area is 144 Å². The lowest BCUT2D eigenvalue weighted by Crippen LogP contribution is -2.40. The van der Waals surface area contributed by atoms with Crippen LogP contribution < -0.4 is 10.1 Å². The van der Waals surface area contributed by atoms with E-state index in [1.807, 2.05) is 19.9 Å². The van der Waals surface area contributed by atoms with Gasteiger partial charge in [0, 0.05) is 23.9 Å². The molecule has 3 rings (SSSR count). The fraction of sp³-hybridized carbons (Fsp3) is 0.737. The molecule has 0 radical (unpaired) electrons. The molecule has 24 heavy (non-hydrogen) atoms. The van der Waals surface area contributed by atoms with Crippen molar-refractivity contribution in [3.63, 3.8) is 0 Å². The summed E-state index contributed by atoms with van der Waals surface area (Å²) in [6, 6.07) is 2.74. The monoisotopic (exact) mass is 331 g/mol. The van der Waals surface area contributed by atoms with Crippen LogP contribution in [0.25, 0.3) is 0 Å². The molecule has 1 amide bonds. The molecule has 2 aliphatic carbocycles. The molecule has 1 aromatic rings. The maximum absolute atomic E-state index is 12.2. The van der Waals surface area contributed by atoms with E-state index in [2.05, 4.69) is 15.3 Å². The molecule has 2 saturated carbocycles. The third kappa shape index (κ3) is 4.92. The number of amides is 1. The van der Waals surface area contributed by atoms with Gasteiger partial charge < -0.3 is 10.1 Å². The minimum atomic E-state index is 0.161. The summed E-state index contributed by atoms with van der Waals surface area (Å²) in [5, 5.41) is 3.22. The van der Waals surface area contributed by atoms with Crippen molar-refractivity contribution in [3.8, 4) is 6.01 Å². The Morgan fingerprint density at radius 1 is 1.08 bits per heavy atom. The summed E-state index contributed by atoms with van der Waals surface area (Å²) in [4.78, 5) is 20.9. The molecule has 0 atom stereocenters. The van der Waals surface area contributed by atoms with Crippen molar-refractivity contribution in [2.75, 3.05) is 0 Å². The molecule has 1 heterocycles. The van der Waals surface area contributed by atoms with Crippen LogP contribution in [0.5, 0.6) is 6.01 Å². The van der Waals surface area contributed by atoms with Gasteiger partial charge >= 0.3 is 6.01 Å². The van der Waals surface area contributed by atoms with Crippen LogP contribution >= 0.6 is 0 Å². The Bertz CT molecular complexity index is 541. The van der Waals surface area contributed by atoms with Crippen LogP contribution in [0.3, 0.4) is 0 Å². The summed E-state index contributed by atoms with van der Waals surface area (Å²) < 4.78 is 5.94. The molecule has 0 bridgehead atoms.